The second kappa shape index (κ2) is 20.3. The van der Waals surface area contributed by atoms with Crippen LogP contribution in [0, 0.1) is 17.8 Å². The molecule has 5 aliphatic heterocycles. The number of hydrogen-bond donors (Lipinski definition) is 4. The van der Waals surface area contributed by atoms with Crippen molar-refractivity contribution in [2.24, 2.45) is 17.8 Å². The fourth-order valence-corrected chi connectivity index (χ4v) is 12.6. The third-order valence-electron chi connectivity index (χ3n) is 15.8. The van der Waals surface area contributed by atoms with Gasteiger partial charge < -0.3 is 58.8 Å². The molecule has 7 heterocycles. The Bertz CT molecular complexity index is 2830. The van der Waals surface area contributed by atoms with Crippen molar-refractivity contribution in [1.82, 2.24) is 40.4 Å². The number of nitrogens with zero attached hydrogens (tertiary/aromatic N) is 4. The average Bonchev–Trinajstić information content (AvgIpc) is 4.19. The van der Waals surface area contributed by atoms with Crippen molar-refractivity contribution in [3.63, 3.8) is 0 Å². The van der Waals surface area contributed by atoms with Crippen LogP contribution in [0.2, 0.25) is 0 Å². The monoisotopic (exact) mass is 989 g/mol. The van der Waals surface area contributed by atoms with Gasteiger partial charge in [-0.25, -0.2) is 19.6 Å². The summed E-state index contributed by atoms with van der Waals surface area (Å²) in [4.78, 5) is 75.5. The minimum absolute atomic E-state index is 0.0366. The SMILES string of the molecule is COC[C@H]1C[C@@H](c2nc3ccc4cc5c(cc4c3[nH]2)OCc2cc(-c3cnc([C@@H]4CC[C@H](C)N4C(=O)[C@@H](NC(=O)OC)C4C[C@@H](C)O[C@H](C)C4)[nH]3)ccc2-5)N(C(=O)[C@@H](NC(=O)OC)C2C[C@@H](C)O[C@H](C)C2)C1. The van der Waals surface area contributed by atoms with Gasteiger partial charge in [0.2, 0.25) is 11.8 Å². The molecule has 72 heavy (non-hydrogen) atoms. The van der Waals surface area contributed by atoms with E-state index in [9.17, 15) is 19.2 Å². The van der Waals surface area contributed by atoms with E-state index in [0.29, 0.717) is 63.5 Å². The fourth-order valence-electron chi connectivity index (χ4n) is 12.6. The van der Waals surface area contributed by atoms with Gasteiger partial charge in [-0.05, 0) is 138 Å². The van der Waals surface area contributed by atoms with Crippen molar-refractivity contribution in [2.75, 3.05) is 34.5 Å². The molecule has 4 N–H and O–H groups in total. The van der Waals surface area contributed by atoms with E-state index in [4.69, 9.17) is 38.4 Å². The highest BCUT2D eigenvalue weighted by Gasteiger charge is 2.46. The normalized spacial score (nSPS) is 27.9. The van der Waals surface area contributed by atoms with Crippen LogP contribution in [0.15, 0.2) is 48.7 Å². The highest BCUT2D eigenvalue weighted by Crippen LogP contribution is 2.45. The van der Waals surface area contributed by atoms with E-state index in [-0.39, 0.29) is 72.1 Å². The molecule has 18 heteroatoms. The number of rotatable bonds is 11. The smallest absolute Gasteiger partial charge is 0.407 e. The number of nitrogens with one attached hydrogen (secondary N) is 4. The number of amides is 4. The van der Waals surface area contributed by atoms with E-state index < -0.39 is 24.3 Å². The number of ether oxygens (including phenoxy) is 6. The van der Waals surface area contributed by atoms with Gasteiger partial charge in [-0.15, -0.1) is 0 Å². The number of carbonyl (C=O) groups is 4. The number of aromatic amines is 2. The third-order valence-corrected chi connectivity index (χ3v) is 15.8. The molecule has 0 saturated carbocycles. The second-order valence-corrected chi connectivity index (χ2v) is 20.9. The van der Waals surface area contributed by atoms with Crippen LogP contribution in [0.4, 0.5) is 9.59 Å². The predicted octanol–water partition coefficient (Wildman–Crippen LogP) is 8.11. The lowest BCUT2D eigenvalue weighted by atomic mass is 9.85. The number of hydrogen-bond acceptors (Lipinski definition) is 12. The maximum atomic E-state index is 14.7. The van der Waals surface area contributed by atoms with Gasteiger partial charge in [0.25, 0.3) is 0 Å². The fraction of sp³-hybridized carbons (Fsp3) is 0.556. The Kier molecular flexibility index (Phi) is 13.9. The minimum Gasteiger partial charge on any atom is -0.488 e. The van der Waals surface area contributed by atoms with E-state index in [0.717, 1.165) is 68.3 Å². The van der Waals surface area contributed by atoms with E-state index in [1.807, 2.05) is 49.8 Å². The van der Waals surface area contributed by atoms with Gasteiger partial charge in [0.15, 0.2) is 0 Å². The van der Waals surface area contributed by atoms with Crippen LogP contribution in [0.25, 0.3) is 44.2 Å². The largest absolute Gasteiger partial charge is 0.488 e. The summed E-state index contributed by atoms with van der Waals surface area (Å²) in [6.45, 7) is 11.4. The first-order valence-corrected chi connectivity index (χ1v) is 25.6. The number of H-pyrrole nitrogens is 2. The average molecular weight is 989 g/mol. The second-order valence-electron chi connectivity index (χ2n) is 20.9. The molecule has 0 aliphatic carbocycles. The van der Waals surface area contributed by atoms with Gasteiger partial charge in [-0.1, -0.05) is 18.2 Å². The molecule has 18 nitrogen and oxygen atoms in total. The third kappa shape index (κ3) is 9.60. The predicted molar refractivity (Wildman–Crippen MR) is 268 cm³/mol. The molecular formula is C54H68N8O10. The minimum atomic E-state index is -0.794. The van der Waals surface area contributed by atoms with Crippen molar-refractivity contribution >= 4 is 45.8 Å². The quantitative estimate of drug-likeness (QED) is 0.0989. The van der Waals surface area contributed by atoms with Crippen molar-refractivity contribution in [3.05, 3.63) is 65.9 Å². The van der Waals surface area contributed by atoms with Crippen molar-refractivity contribution in [3.8, 4) is 28.1 Å². The molecule has 0 spiro atoms. The summed E-state index contributed by atoms with van der Waals surface area (Å²) >= 11 is 0. The summed E-state index contributed by atoms with van der Waals surface area (Å²) in [5.74, 6) is 1.66. The van der Waals surface area contributed by atoms with Gasteiger partial charge in [0.1, 0.15) is 36.1 Å². The molecule has 10 atom stereocenters. The van der Waals surface area contributed by atoms with Crippen molar-refractivity contribution in [1.29, 1.82) is 0 Å². The summed E-state index contributed by atoms with van der Waals surface area (Å²) < 4.78 is 34.1. The highest BCUT2D eigenvalue weighted by molar-refractivity contribution is 6.07. The zero-order chi connectivity index (χ0) is 50.5. The lowest BCUT2D eigenvalue weighted by Gasteiger charge is -2.39. The first kappa shape index (κ1) is 49.3. The van der Waals surface area contributed by atoms with Crippen LogP contribution in [0.3, 0.4) is 0 Å². The van der Waals surface area contributed by atoms with E-state index in [1.165, 1.54) is 14.2 Å². The lowest BCUT2D eigenvalue weighted by Crippen LogP contribution is -2.55. The number of imidazole rings is 2. The van der Waals surface area contributed by atoms with Crippen LogP contribution in [-0.2, 0) is 39.9 Å². The molecular weight excluding hydrogens is 921 g/mol. The van der Waals surface area contributed by atoms with Crippen LogP contribution in [-0.4, -0.2) is 131 Å². The Morgan fingerprint density at radius 3 is 2.07 bits per heavy atom. The van der Waals surface area contributed by atoms with Crippen LogP contribution < -0.4 is 15.4 Å². The first-order valence-electron chi connectivity index (χ1n) is 25.6. The van der Waals surface area contributed by atoms with E-state index in [1.54, 1.807) is 7.11 Å². The topological polar surface area (TPSA) is 212 Å². The zero-order valence-corrected chi connectivity index (χ0v) is 42.5. The number of benzene rings is 3. The number of carbonyl (C=O) groups excluding carboxylic acids is 4. The van der Waals surface area contributed by atoms with Crippen molar-refractivity contribution in [2.45, 2.75) is 141 Å². The molecule has 5 aliphatic rings. The number of aromatic nitrogens is 4. The molecule has 0 radical (unpaired) electrons. The molecule has 2 aromatic heterocycles. The zero-order valence-electron chi connectivity index (χ0n) is 42.5. The Hall–Kier alpha value is -6.24. The molecule has 4 fully saturated rings. The number of methoxy groups -OCH3 is 3. The van der Waals surface area contributed by atoms with Gasteiger partial charge >= 0.3 is 12.2 Å². The number of likely N-dealkylation sites (tertiary alicyclic amines) is 2. The van der Waals surface area contributed by atoms with Crippen molar-refractivity contribution < 1.29 is 47.6 Å². The highest BCUT2D eigenvalue weighted by atomic mass is 16.5. The Morgan fingerprint density at radius 1 is 0.750 bits per heavy atom. The van der Waals surface area contributed by atoms with Crippen LogP contribution in [0.1, 0.15) is 109 Å². The van der Waals surface area contributed by atoms with E-state index >= 15 is 0 Å². The van der Waals surface area contributed by atoms with Gasteiger partial charge in [-0.2, -0.15) is 0 Å². The molecule has 10 rings (SSSR count). The number of alkyl carbamates (subject to hydrolysis) is 2. The summed E-state index contributed by atoms with van der Waals surface area (Å²) in [5.41, 5.74) is 6.49. The summed E-state index contributed by atoms with van der Waals surface area (Å²) in [7, 11) is 4.30. The Labute approximate surface area is 419 Å². The van der Waals surface area contributed by atoms with Gasteiger partial charge in [0, 0.05) is 36.6 Å². The van der Waals surface area contributed by atoms with Crippen LogP contribution in [0.5, 0.6) is 5.75 Å². The summed E-state index contributed by atoms with van der Waals surface area (Å²) in [6, 6.07) is 12.4. The van der Waals surface area contributed by atoms with Gasteiger partial charge in [-0.3, -0.25) is 9.59 Å². The molecule has 5 aromatic rings. The lowest BCUT2D eigenvalue weighted by molar-refractivity contribution is -0.140. The van der Waals surface area contributed by atoms with Crippen LogP contribution >= 0.6 is 0 Å². The Morgan fingerprint density at radius 2 is 1.42 bits per heavy atom. The molecule has 4 saturated heterocycles. The van der Waals surface area contributed by atoms with E-state index in [2.05, 4.69) is 63.9 Å². The Balaban J connectivity index is 0.899. The van der Waals surface area contributed by atoms with Gasteiger partial charge in [0.05, 0.1) is 80.3 Å². The maximum Gasteiger partial charge on any atom is 0.407 e. The molecule has 4 amide bonds. The molecule has 0 bridgehead atoms. The molecule has 384 valence electrons. The number of fused-ring (bicyclic) bond motifs is 6. The molecule has 3 aromatic carbocycles. The standard InChI is InChI=1S/C54H68N8O10/c1-27-9-14-43(62(27)52(64)47(60-54(66)69-8)36-17-30(4)72-31(5)18-36)49-55-23-42(57-49)34-10-12-38-37(20-34)26-70-45-22-39-33(21-40(38)45)11-13-41-48(39)58-50(56-41)44-19-32(25-67-6)24-61(44)51(63)46(59-53(65)68-7)35-15-28(2)71-29(3)16-35/h10-13,20-23,27-32,35-36,43-44,46-47H,9,14-19,24-26H2,1-8H3,(H,55,57)(H,56,58)(H,59,65)(H,60,66)/t27-,28+,29+,30+,31+,32-,43-,44-,46-,47-/m0/s1. The first-order chi connectivity index (χ1) is 34.7. The molecule has 0 unspecified atom stereocenters. The maximum absolute atomic E-state index is 14.7. The summed E-state index contributed by atoms with van der Waals surface area (Å²) in [6.07, 6.45) is 5.11. The summed E-state index contributed by atoms with van der Waals surface area (Å²) in [5, 5.41) is 7.74.